The van der Waals surface area contributed by atoms with E-state index in [1.54, 1.807) is 0 Å². The van der Waals surface area contributed by atoms with Gasteiger partial charge >= 0.3 is 6.18 Å². The van der Waals surface area contributed by atoms with Crippen LogP contribution in [0, 0.1) is 0 Å². The number of benzene rings is 1. The number of amides is 2. The lowest BCUT2D eigenvalue weighted by Crippen LogP contribution is -2.45. The van der Waals surface area contributed by atoms with Crippen LogP contribution in [0.4, 0.5) is 24.5 Å². The molecule has 8 heteroatoms. The molecule has 0 fully saturated rings. The van der Waals surface area contributed by atoms with Crippen molar-refractivity contribution in [3.05, 3.63) is 23.8 Å². The van der Waals surface area contributed by atoms with Crippen molar-refractivity contribution >= 4 is 23.2 Å². The summed E-state index contributed by atoms with van der Waals surface area (Å²) in [4.78, 5) is 22.8. The van der Waals surface area contributed by atoms with E-state index in [2.05, 4.69) is 16.0 Å². The maximum Gasteiger partial charge on any atom is 0.418 e. The summed E-state index contributed by atoms with van der Waals surface area (Å²) in [6, 6.07) is 3.36. The second-order valence-corrected chi connectivity index (χ2v) is 6.08. The fourth-order valence-corrected chi connectivity index (χ4v) is 1.90. The topological polar surface area (TPSA) is 70.2 Å². The summed E-state index contributed by atoms with van der Waals surface area (Å²) >= 11 is 0. The Morgan fingerprint density at radius 3 is 2.29 bits per heavy atom. The van der Waals surface area contributed by atoms with Crippen molar-refractivity contribution in [3.63, 3.8) is 0 Å². The summed E-state index contributed by atoms with van der Waals surface area (Å²) in [5, 5.41) is 7.54. The summed E-state index contributed by atoms with van der Waals surface area (Å²) in [5.74, 6) is -0.870. The van der Waals surface area contributed by atoms with E-state index in [-0.39, 0.29) is 17.9 Å². The predicted molar refractivity (Wildman–Crippen MR) is 86.8 cm³/mol. The van der Waals surface area contributed by atoms with Crippen LogP contribution < -0.4 is 16.0 Å². The maximum absolute atomic E-state index is 13.2. The van der Waals surface area contributed by atoms with Gasteiger partial charge in [-0.1, -0.05) is 6.92 Å². The summed E-state index contributed by atoms with van der Waals surface area (Å²) < 4.78 is 39.5. The number of halogens is 3. The molecule has 1 aromatic carbocycles. The van der Waals surface area contributed by atoms with E-state index in [9.17, 15) is 22.8 Å². The van der Waals surface area contributed by atoms with Crippen LogP contribution in [0.1, 0.15) is 39.7 Å². The molecule has 5 nitrogen and oxygen atoms in total. The van der Waals surface area contributed by atoms with Crippen molar-refractivity contribution in [2.75, 3.05) is 17.2 Å². The van der Waals surface area contributed by atoms with E-state index in [0.717, 1.165) is 6.07 Å². The first-order chi connectivity index (χ1) is 10.9. The standard InChI is InChI=1S/C16H22F3N3O2/c1-5-15(3,4)22-14(24)9-20-13-7-6-11(21-10(2)23)8-12(13)16(17,18)19/h6-8,20H,5,9H2,1-4H3,(H,21,23)(H,22,24). The minimum atomic E-state index is -4.62. The van der Waals surface area contributed by atoms with Gasteiger partial charge in [0.05, 0.1) is 12.1 Å². The largest absolute Gasteiger partial charge is 0.418 e. The quantitative estimate of drug-likeness (QED) is 0.740. The lowest BCUT2D eigenvalue weighted by Gasteiger charge is -2.25. The van der Waals surface area contributed by atoms with Crippen LogP contribution in [0.25, 0.3) is 0 Å². The van der Waals surface area contributed by atoms with Gasteiger partial charge in [0.15, 0.2) is 0 Å². The van der Waals surface area contributed by atoms with Crippen LogP contribution >= 0.6 is 0 Å². The lowest BCUT2D eigenvalue weighted by molar-refractivity contribution is -0.137. The fraction of sp³-hybridized carbons (Fsp3) is 0.500. The van der Waals surface area contributed by atoms with Gasteiger partial charge in [-0.05, 0) is 38.5 Å². The van der Waals surface area contributed by atoms with Gasteiger partial charge in [-0.3, -0.25) is 9.59 Å². The Morgan fingerprint density at radius 1 is 1.17 bits per heavy atom. The van der Waals surface area contributed by atoms with Gasteiger partial charge in [0.25, 0.3) is 0 Å². The van der Waals surface area contributed by atoms with Crippen molar-refractivity contribution in [2.24, 2.45) is 0 Å². The number of carbonyl (C=O) groups excluding carboxylic acids is 2. The third-order valence-corrected chi connectivity index (χ3v) is 3.45. The molecule has 0 radical (unpaired) electrons. The molecule has 0 aromatic heterocycles. The minimum Gasteiger partial charge on any atom is -0.376 e. The highest BCUT2D eigenvalue weighted by atomic mass is 19.4. The van der Waals surface area contributed by atoms with Gasteiger partial charge in [0, 0.05) is 23.8 Å². The highest BCUT2D eigenvalue weighted by Crippen LogP contribution is 2.36. The van der Waals surface area contributed by atoms with E-state index in [1.165, 1.54) is 19.1 Å². The second-order valence-electron chi connectivity index (χ2n) is 6.08. The summed E-state index contributed by atoms with van der Waals surface area (Å²) in [7, 11) is 0. The molecule has 0 saturated carbocycles. The smallest absolute Gasteiger partial charge is 0.376 e. The Kier molecular flexibility index (Phi) is 6.22. The predicted octanol–water partition coefficient (Wildman–Crippen LogP) is 3.38. The zero-order valence-corrected chi connectivity index (χ0v) is 14.1. The van der Waals surface area contributed by atoms with Crippen molar-refractivity contribution in [1.82, 2.24) is 5.32 Å². The first kappa shape index (κ1) is 19.8. The zero-order chi connectivity index (χ0) is 18.5. The van der Waals surface area contributed by atoms with Crippen LogP contribution in [0.3, 0.4) is 0 Å². The van der Waals surface area contributed by atoms with E-state index in [1.807, 2.05) is 20.8 Å². The Morgan fingerprint density at radius 2 is 1.79 bits per heavy atom. The molecule has 0 atom stereocenters. The van der Waals surface area contributed by atoms with Gasteiger partial charge in [-0.15, -0.1) is 0 Å². The Hall–Kier alpha value is -2.25. The normalized spacial score (nSPS) is 11.8. The van der Waals surface area contributed by atoms with Crippen molar-refractivity contribution in [1.29, 1.82) is 0 Å². The third kappa shape index (κ3) is 6.10. The van der Waals surface area contributed by atoms with Crippen LogP contribution in [-0.4, -0.2) is 23.9 Å². The number of alkyl halides is 3. The average molecular weight is 345 g/mol. The van der Waals surface area contributed by atoms with Gasteiger partial charge < -0.3 is 16.0 Å². The molecule has 0 unspecified atom stereocenters. The Bertz CT molecular complexity index is 613. The third-order valence-electron chi connectivity index (χ3n) is 3.45. The summed E-state index contributed by atoms with van der Waals surface area (Å²) in [6.07, 6.45) is -3.92. The highest BCUT2D eigenvalue weighted by molar-refractivity contribution is 5.89. The molecule has 1 rings (SSSR count). The molecule has 24 heavy (non-hydrogen) atoms. The average Bonchev–Trinajstić information content (AvgIpc) is 2.43. The number of hydrogen-bond acceptors (Lipinski definition) is 3. The van der Waals surface area contributed by atoms with E-state index >= 15 is 0 Å². The molecule has 0 saturated heterocycles. The number of hydrogen-bond donors (Lipinski definition) is 3. The summed E-state index contributed by atoms with van der Waals surface area (Å²) in [5.41, 5.74) is -1.56. The number of anilines is 2. The van der Waals surface area contributed by atoms with Crippen molar-refractivity contribution in [3.8, 4) is 0 Å². The second kappa shape index (κ2) is 7.55. The van der Waals surface area contributed by atoms with E-state index in [0.29, 0.717) is 6.42 Å². The van der Waals surface area contributed by atoms with E-state index < -0.39 is 29.1 Å². The first-order valence-electron chi connectivity index (χ1n) is 7.48. The molecule has 0 aliphatic heterocycles. The first-order valence-corrected chi connectivity index (χ1v) is 7.48. The number of carbonyl (C=O) groups is 2. The molecule has 134 valence electrons. The maximum atomic E-state index is 13.2. The van der Waals surface area contributed by atoms with E-state index in [4.69, 9.17) is 0 Å². The molecule has 1 aromatic rings. The molecular formula is C16H22F3N3O2. The molecule has 2 amide bonds. The van der Waals surface area contributed by atoms with Crippen LogP contribution in [0.2, 0.25) is 0 Å². The molecule has 0 bridgehead atoms. The molecule has 0 heterocycles. The zero-order valence-electron chi connectivity index (χ0n) is 14.1. The van der Waals surface area contributed by atoms with Gasteiger partial charge in [-0.2, -0.15) is 13.2 Å². The van der Waals surface area contributed by atoms with Crippen LogP contribution in [0.15, 0.2) is 18.2 Å². The fourth-order valence-electron chi connectivity index (χ4n) is 1.90. The molecule has 0 aliphatic rings. The van der Waals surface area contributed by atoms with Gasteiger partial charge in [0.1, 0.15) is 0 Å². The number of nitrogens with one attached hydrogen (secondary N) is 3. The van der Waals surface area contributed by atoms with Crippen LogP contribution in [-0.2, 0) is 15.8 Å². The summed E-state index contributed by atoms with van der Waals surface area (Å²) in [6.45, 7) is 6.48. The van der Waals surface area contributed by atoms with Crippen molar-refractivity contribution < 1.29 is 22.8 Å². The molecule has 3 N–H and O–H groups in total. The Labute approximate surface area is 139 Å². The SMILES string of the molecule is CCC(C)(C)NC(=O)CNc1ccc(NC(C)=O)cc1C(F)(F)F. The minimum absolute atomic E-state index is 0.0388. The number of rotatable bonds is 6. The lowest BCUT2D eigenvalue weighted by atomic mass is 10.0. The molecule has 0 aliphatic carbocycles. The monoisotopic (exact) mass is 345 g/mol. The van der Waals surface area contributed by atoms with Crippen LogP contribution in [0.5, 0.6) is 0 Å². The Balaban J connectivity index is 2.91. The van der Waals surface area contributed by atoms with Gasteiger partial charge in [-0.25, -0.2) is 0 Å². The molecular weight excluding hydrogens is 323 g/mol. The van der Waals surface area contributed by atoms with Crippen molar-refractivity contribution in [2.45, 2.75) is 45.8 Å². The van der Waals surface area contributed by atoms with Gasteiger partial charge in [0.2, 0.25) is 11.8 Å². The highest BCUT2D eigenvalue weighted by Gasteiger charge is 2.34. The molecule has 0 spiro atoms.